The highest BCUT2D eigenvalue weighted by molar-refractivity contribution is 6.07. The molecule has 0 bridgehead atoms. The Balaban J connectivity index is 1.76. The predicted molar refractivity (Wildman–Crippen MR) is 97.5 cm³/mol. The van der Waals surface area contributed by atoms with E-state index in [4.69, 9.17) is 10.5 Å². The Morgan fingerprint density at radius 2 is 1.77 bits per heavy atom. The summed E-state index contributed by atoms with van der Waals surface area (Å²) >= 11 is 0. The van der Waals surface area contributed by atoms with Gasteiger partial charge in [0.25, 0.3) is 0 Å². The van der Waals surface area contributed by atoms with Crippen LogP contribution in [0.25, 0.3) is 21.8 Å². The molecule has 0 fully saturated rings. The molecule has 0 spiro atoms. The van der Waals surface area contributed by atoms with Crippen LogP contribution in [0.4, 0.5) is 5.69 Å². The van der Waals surface area contributed by atoms with Crippen LogP contribution in [0.1, 0.15) is 10.4 Å². The molecule has 1 aromatic heterocycles. The van der Waals surface area contributed by atoms with Crippen LogP contribution in [0.5, 0.6) is 11.5 Å². The van der Waals surface area contributed by atoms with Gasteiger partial charge in [0.2, 0.25) is 11.7 Å². The molecule has 0 aliphatic carbocycles. The second-order valence-electron chi connectivity index (χ2n) is 5.78. The number of nitro benzene ring substituents is 1. The van der Waals surface area contributed by atoms with E-state index in [0.29, 0.717) is 5.75 Å². The number of carbonyl (C=O) groups excluding carboxylic acids is 1. The number of H-pyrrole nitrogens is 1. The lowest BCUT2D eigenvalue weighted by Gasteiger charge is -2.07. The van der Waals surface area contributed by atoms with Crippen molar-refractivity contribution in [2.75, 3.05) is 0 Å². The molecule has 1 heterocycles. The van der Waals surface area contributed by atoms with Gasteiger partial charge in [0.1, 0.15) is 5.75 Å². The van der Waals surface area contributed by atoms with E-state index in [1.54, 1.807) is 12.1 Å². The largest absolute Gasteiger partial charge is 0.450 e. The Labute approximate surface area is 147 Å². The first-order valence-corrected chi connectivity index (χ1v) is 7.79. The number of amides is 1. The molecule has 4 aromatic rings. The molecule has 7 nitrogen and oxygen atoms in total. The number of carbonyl (C=O) groups is 1. The van der Waals surface area contributed by atoms with E-state index in [2.05, 4.69) is 4.98 Å². The van der Waals surface area contributed by atoms with Crippen LogP contribution in [0.3, 0.4) is 0 Å². The van der Waals surface area contributed by atoms with Crippen molar-refractivity contribution in [1.82, 2.24) is 4.98 Å². The molecule has 0 atom stereocenters. The first kappa shape index (κ1) is 15.6. The van der Waals surface area contributed by atoms with Gasteiger partial charge in [0.05, 0.1) is 10.4 Å². The van der Waals surface area contributed by atoms with Crippen LogP contribution in [0, 0.1) is 10.1 Å². The molecule has 0 saturated carbocycles. The van der Waals surface area contributed by atoms with Crippen LogP contribution in [0.15, 0.2) is 60.7 Å². The smallest absolute Gasteiger partial charge is 0.312 e. The molecular formula is C19H13N3O4. The number of nitrogens with zero attached hydrogens (tertiary/aromatic N) is 1. The molecule has 1 amide bonds. The van der Waals surface area contributed by atoms with Gasteiger partial charge in [-0.15, -0.1) is 0 Å². The van der Waals surface area contributed by atoms with Gasteiger partial charge in [-0.3, -0.25) is 14.9 Å². The Morgan fingerprint density at radius 3 is 2.54 bits per heavy atom. The lowest BCUT2D eigenvalue weighted by atomic mass is 10.1. The summed E-state index contributed by atoms with van der Waals surface area (Å²) in [6.07, 6.45) is 0. The third-order valence-corrected chi connectivity index (χ3v) is 4.15. The minimum atomic E-state index is -0.737. The molecule has 0 aliphatic heterocycles. The normalized spacial score (nSPS) is 10.9. The van der Waals surface area contributed by atoms with E-state index in [1.165, 1.54) is 12.1 Å². The van der Waals surface area contributed by atoms with Crippen LogP contribution in [0.2, 0.25) is 0 Å². The summed E-state index contributed by atoms with van der Waals surface area (Å²) < 4.78 is 5.70. The summed E-state index contributed by atoms with van der Waals surface area (Å²) in [7, 11) is 0. The van der Waals surface area contributed by atoms with Gasteiger partial charge in [-0.25, -0.2) is 0 Å². The van der Waals surface area contributed by atoms with Gasteiger partial charge < -0.3 is 15.5 Å². The van der Waals surface area contributed by atoms with Gasteiger partial charge in [0.15, 0.2) is 0 Å². The topological polar surface area (TPSA) is 111 Å². The van der Waals surface area contributed by atoms with E-state index < -0.39 is 10.8 Å². The maximum absolute atomic E-state index is 11.3. The van der Waals surface area contributed by atoms with Crippen molar-refractivity contribution in [3.05, 3.63) is 76.3 Å². The summed E-state index contributed by atoms with van der Waals surface area (Å²) in [4.78, 5) is 25.2. The zero-order valence-electron chi connectivity index (χ0n) is 13.4. The van der Waals surface area contributed by atoms with Gasteiger partial charge in [-0.05, 0) is 30.3 Å². The fourth-order valence-electron chi connectivity index (χ4n) is 2.92. The van der Waals surface area contributed by atoms with Crippen molar-refractivity contribution in [3.8, 4) is 11.5 Å². The average molecular weight is 347 g/mol. The fraction of sp³-hybridized carbons (Fsp3) is 0. The molecule has 4 rings (SSSR count). The highest BCUT2D eigenvalue weighted by Gasteiger charge is 2.19. The average Bonchev–Trinajstić information content (AvgIpc) is 2.99. The highest BCUT2D eigenvalue weighted by Crippen LogP contribution is 2.34. The summed E-state index contributed by atoms with van der Waals surface area (Å²) in [5, 5.41) is 13.4. The molecule has 0 saturated heterocycles. The van der Waals surface area contributed by atoms with Crippen molar-refractivity contribution >= 4 is 33.4 Å². The van der Waals surface area contributed by atoms with Crippen LogP contribution < -0.4 is 10.5 Å². The first-order valence-electron chi connectivity index (χ1n) is 7.79. The summed E-state index contributed by atoms with van der Waals surface area (Å²) in [6, 6.07) is 17.2. The molecular weight excluding hydrogens is 334 g/mol. The number of ether oxygens (including phenoxy) is 1. The molecule has 7 heteroatoms. The molecule has 128 valence electrons. The Hall–Kier alpha value is -3.87. The van der Waals surface area contributed by atoms with Crippen molar-refractivity contribution in [3.63, 3.8) is 0 Å². The minimum absolute atomic E-state index is 0.0375. The predicted octanol–water partition coefficient (Wildman–Crippen LogP) is 4.12. The van der Waals surface area contributed by atoms with Crippen LogP contribution in [-0.4, -0.2) is 15.8 Å². The lowest BCUT2D eigenvalue weighted by molar-refractivity contribution is -0.385. The Kier molecular flexibility index (Phi) is 3.54. The number of aromatic nitrogens is 1. The number of nitro groups is 1. The zero-order valence-corrected chi connectivity index (χ0v) is 13.4. The van der Waals surface area contributed by atoms with Crippen molar-refractivity contribution in [2.45, 2.75) is 0 Å². The number of aromatic amines is 1. The molecule has 3 N–H and O–H groups in total. The van der Waals surface area contributed by atoms with Crippen LogP contribution >= 0.6 is 0 Å². The third kappa shape index (κ3) is 2.61. The quantitative estimate of drug-likeness (QED) is 0.427. The van der Waals surface area contributed by atoms with Gasteiger partial charge in [-0.1, -0.05) is 18.2 Å². The van der Waals surface area contributed by atoms with E-state index in [0.717, 1.165) is 27.9 Å². The number of benzene rings is 3. The summed E-state index contributed by atoms with van der Waals surface area (Å²) in [6.45, 7) is 0. The van der Waals surface area contributed by atoms with E-state index in [-0.39, 0.29) is 17.0 Å². The number of hydrogen-bond donors (Lipinski definition) is 2. The SMILES string of the molecule is NC(=O)c1ccc(Oc2ccc3c(c2)[nH]c2ccccc23)c([N+](=O)[O-])c1. The zero-order chi connectivity index (χ0) is 18.3. The van der Waals surface area contributed by atoms with E-state index in [1.807, 2.05) is 30.3 Å². The summed E-state index contributed by atoms with van der Waals surface area (Å²) in [5.41, 5.74) is 6.77. The lowest BCUT2D eigenvalue weighted by Crippen LogP contribution is -2.11. The number of para-hydroxylation sites is 1. The Bertz CT molecular complexity index is 1180. The monoisotopic (exact) mass is 347 g/mol. The number of nitrogens with one attached hydrogen (secondary N) is 1. The number of rotatable bonds is 4. The molecule has 3 aromatic carbocycles. The maximum Gasteiger partial charge on any atom is 0.312 e. The number of nitrogens with two attached hydrogens (primary N) is 1. The highest BCUT2D eigenvalue weighted by atomic mass is 16.6. The molecule has 0 aliphatic rings. The van der Waals surface area contributed by atoms with Crippen LogP contribution in [-0.2, 0) is 0 Å². The second-order valence-corrected chi connectivity index (χ2v) is 5.78. The second kappa shape index (κ2) is 5.89. The molecule has 0 unspecified atom stereocenters. The molecule has 26 heavy (non-hydrogen) atoms. The number of hydrogen-bond acceptors (Lipinski definition) is 4. The minimum Gasteiger partial charge on any atom is -0.450 e. The first-order chi connectivity index (χ1) is 12.5. The van der Waals surface area contributed by atoms with Crippen molar-refractivity contribution in [2.24, 2.45) is 5.73 Å². The standard InChI is InChI=1S/C19H13N3O4/c20-19(23)11-5-8-18(17(9-11)22(24)25)26-12-6-7-14-13-3-1-2-4-15(13)21-16(14)10-12/h1-10,21H,(H2,20,23). The maximum atomic E-state index is 11.3. The fourth-order valence-corrected chi connectivity index (χ4v) is 2.92. The van der Waals surface area contributed by atoms with Gasteiger partial charge in [-0.2, -0.15) is 0 Å². The van der Waals surface area contributed by atoms with Crippen molar-refractivity contribution < 1.29 is 14.5 Å². The third-order valence-electron chi connectivity index (χ3n) is 4.15. The summed E-state index contributed by atoms with van der Waals surface area (Å²) in [5.74, 6) is -0.256. The number of primary amides is 1. The van der Waals surface area contributed by atoms with E-state index >= 15 is 0 Å². The van der Waals surface area contributed by atoms with Crippen molar-refractivity contribution in [1.29, 1.82) is 0 Å². The van der Waals surface area contributed by atoms with E-state index in [9.17, 15) is 14.9 Å². The molecule has 0 radical (unpaired) electrons. The Morgan fingerprint density at radius 1 is 1.00 bits per heavy atom. The number of fused-ring (bicyclic) bond motifs is 3. The van der Waals surface area contributed by atoms with Gasteiger partial charge >= 0.3 is 5.69 Å². The van der Waals surface area contributed by atoms with Gasteiger partial charge in [0, 0.05) is 34.0 Å².